The van der Waals surface area contributed by atoms with Gasteiger partial charge in [0, 0.05) is 39.2 Å². The predicted molar refractivity (Wildman–Crippen MR) is 121 cm³/mol. The second-order valence-corrected chi connectivity index (χ2v) is 8.03. The average Bonchev–Trinajstić information content (AvgIpc) is 3.40. The Morgan fingerprint density at radius 3 is 2.94 bits per heavy atom. The summed E-state index contributed by atoms with van der Waals surface area (Å²) in [4.78, 5) is 29.4. The quantitative estimate of drug-likeness (QED) is 0.372. The lowest BCUT2D eigenvalue weighted by atomic mass is 10.2. The molecule has 1 fully saturated rings. The number of carbonyl (C=O) groups excluding carboxylic acids is 1. The number of pyridine rings is 1. The third kappa shape index (κ3) is 5.12. The molecule has 1 aliphatic heterocycles. The minimum absolute atomic E-state index is 0. The van der Waals surface area contributed by atoms with E-state index in [2.05, 4.69) is 26.5 Å². The number of halogens is 5. The molecule has 2 N–H and O–H groups in total. The summed E-state index contributed by atoms with van der Waals surface area (Å²) in [6.45, 7) is 2.25. The van der Waals surface area contributed by atoms with Crippen LogP contribution in [-0.4, -0.2) is 63.9 Å². The van der Waals surface area contributed by atoms with Gasteiger partial charge in [0.05, 0.1) is 23.9 Å². The summed E-state index contributed by atoms with van der Waals surface area (Å²) in [6, 6.07) is 0.512. The number of nitrogens with one attached hydrogen (secondary N) is 2. The van der Waals surface area contributed by atoms with Crippen LogP contribution >= 0.6 is 11.6 Å². The number of aromatic nitrogens is 4. The van der Waals surface area contributed by atoms with E-state index >= 15 is 0 Å². The Balaban J connectivity index is 0.00000228. The van der Waals surface area contributed by atoms with E-state index in [1.165, 1.54) is 17.2 Å². The number of amides is 1. The van der Waals surface area contributed by atoms with Crippen molar-refractivity contribution in [3.63, 3.8) is 0 Å². The summed E-state index contributed by atoms with van der Waals surface area (Å²) in [5.74, 6) is -1.86. The van der Waals surface area contributed by atoms with Crippen molar-refractivity contribution in [2.24, 2.45) is 0 Å². The van der Waals surface area contributed by atoms with Gasteiger partial charge in [-0.15, -0.1) is 6.58 Å². The number of hydrogen-bond donors (Lipinski definition) is 2. The molecule has 1 amide bonds. The van der Waals surface area contributed by atoms with Gasteiger partial charge in [-0.1, -0.05) is 17.7 Å². The fourth-order valence-corrected chi connectivity index (χ4v) is 3.92. The van der Waals surface area contributed by atoms with Gasteiger partial charge in [0.25, 0.3) is 0 Å². The molecule has 0 spiro atoms. The minimum Gasteiger partial charge on any atom is -0.372 e. The summed E-state index contributed by atoms with van der Waals surface area (Å²) in [5.41, 5.74) is 1.00. The number of alkyl halides is 3. The first-order valence-corrected chi connectivity index (χ1v) is 10.5. The van der Waals surface area contributed by atoms with Crippen LogP contribution in [-0.2, 0) is 9.53 Å². The number of ether oxygens (including phenoxy) is 1. The van der Waals surface area contributed by atoms with Crippen molar-refractivity contribution in [1.29, 1.82) is 0 Å². The summed E-state index contributed by atoms with van der Waals surface area (Å²) < 4.78 is 58.3. The molecule has 13 heteroatoms. The molecule has 184 valence electrons. The van der Waals surface area contributed by atoms with Crippen LogP contribution in [0.5, 0.6) is 0 Å². The van der Waals surface area contributed by atoms with Crippen molar-refractivity contribution >= 4 is 34.4 Å². The van der Waals surface area contributed by atoms with Crippen LogP contribution in [0.2, 0.25) is 5.02 Å². The standard InChI is InChI=1S/C21H19ClF4N6O2.2H2/c1-2-3-34-12-5-16(20(33)30-10-21(24,25)26)32(9-12)19-15(23)8-29-18(31-19)14-7-28-17-13(14)4-11(22)6-27-17;;/h2,4,6-8,12,16H,1,3,5,9-10H2,(H,27,28)(H,30,33);2*1H/t12?,16-;;/m0../s1. The van der Waals surface area contributed by atoms with Gasteiger partial charge in [0.2, 0.25) is 5.91 Å². The van der Waals surface area contributed by atoms with Crippen molar-refractivity contribution in [2.45, 2.75) is 24.7 Å². The van der Waals surface area contributed by atoms with E-state index in [1.54, 1.807) is 12.3 Å². The maximum absolute atomic E-state index is 14.9. The number of rotatable bonds is 7. The summed E-state index contributed by atoms with van der Waals surface area (Å²) in [6.07, 6.45) is 0.391. The Labute approximate surface area is 199 Å². The van der Waals surface area contributed by atoms with Crippen LogP contribution < -0.4 is 10.2 Å². The first-order valence-electron chi connectivity index (χ1n) is 10.2. The zero-order valence-corrected chi connectivity index (χ0v) is 18.3. The lowest BCUT2D eigenvalue weighted by molar-refractivity contribution is -0.139. The SMILES string of the molecule is C=CCOC1C[C@@H](C(=O)NCC(F)(F)F)N(c2nc(-c3c[nH]c4ncc(Cl)cc34)ncc2F)C1.[HH].[HH]. The fourth-order valence-electron chi connectivity index (χ4n) is 3.76. The van der Waals surface area contributed by atoms with Crippen molar-refractivity contribution < 1.29 is 29.9 Å². The number of anilines is 1. The van der Waals surface area contributed by atoms with Crippen LogP contribution in [0.25, 0.3) is 22.4 Å². The topological polar surface area (TPSA) is 96.0 Å². The predicted octanol–water partition coefficient (Wildman–Crippen LogP) is 4.13. The van der Waals surface area contributed by atoms with Gasteiger partial charge in [-0.3, -0.25) is 4.79 Å². The first-order chi connectivity index (χ1) is 16.2. The Morgan fingerprint density at radius 2 is 2.21 bits per heavy atom. The minimum atomic E-state index is -4.59. The molecular weight excluding hydrogens is 480 g/mol. The molecule has 1 unspecified atom stereocenters. The molecule has 0 aromatic carbocycles. The molecule has 0 aliphatic carbocycles. The highest BCUT2D eigenvalue weighted by molar-refractivity contribution is 6.31. The highest BCUT2D eigenvalue weighted by Gasteiger charge is 2.40. The number of hydrogen-bond acceptors (Lipinski definition) is 6. The van der Waals surface area contributed by atoms with Crippen molar-refractivity contribution in [2.75, 3.05) is 24.6 Å². The monoisotopic (exact) mass is 502 g/mol. The van der Waals surface area contributed by atoms with Crippen LogP contribution in [0.15, 0.2) is 37.3 Å². The average molecular weight is 503 g/mol. The van der Waals surface area contributed by atoms with Gasteiger partial charge < -0.3 is 19.9 Å². The van der Waals surface area contributed by atoms with Crippen molar-refractivity contribution in [3.8, 4) is 11.4 Å². The Kier molecular flexibility index (Phi) is 6.71. The normalized spacial score (nSPS) is 18.4. The van der Waals surface area contributed by atoms with E-state index in [4.69, 9.17) is 16.3 Å². The largest absolute Gasteiger partial charge is 0.405 e. The van der Waals surface area contributed by atoms with Crippen LogP contribution in [0, 0.1) is 5.82 Å². The molecule has 4 heterocycles. The first kappa shape index (κ1) is 23.9. The maximum Gasteiger partial charge on any atom is 0.405 e. The zero-order valence-electron chi connectivity index (χ0n) is 17.6. The van der Waals surface area contributed by atoms with E-state index in [1.807, 2.05) is 5.32 Å². The third-order valence-corrected chi connectivity index (χ3v) is 5.42. The Morgan fingerprint density at radius 1 is 1.41 bits per heavy atom. The molecule has 1 saturated heterocycles. The van der Waals surface area contributed by atoms with Gasteiger partial charge in [0.1, 0.15) is 18.2 Å². The molecule has 8 nitrogen and oxygen atoms in total. The Bertz CT molecular complexity index is 1230. The fraction of sp³-hybridized carbons (Fsp3) is 0.333. The number of carbonyl (C=O) groups is 1. The van der Waals surface area contributed by atoms with Gasteiger partial charge >= 0.3 is 6.18 Å². The molecule has 2 atom stereocenters. The van der Waals surface area contributed by atoms with E-state index in [0.29, 0.717) is 21.6 Å². The molecule has 1 aliphatic rings. The van der Waals surface area contributed by atoms with Gasteiger partial charge in [-0.05, 0) is 6.07 Å². The van der Waals surface area contributed by atoms with Crippen LogP contribution in [0.3, 0.4) is 0 Å². The van der Waals surface area contributed by atoms with Crippen LogP contribution in [0.4, 0.5) is 23.4 Å². The van der Waals surface area contributed by atoms with Crippen LogP contribution in [0.1, 0.15) is 9.27 Å². The number of aromatic amines is 1. The summed E-state index contributed by atoms with van der Waals surface area (Å²) >= 11 is 6.04. The van der Waals surface area contributed by atoms with Crippen molar-refractivity contribution in [3.05, 3.63) is 48.2 Å². The Hall–Kier alpha value is -3.25. The van der Waals surface area contributed by atoms with Gasteiger partial charge in [0.15, 0.2) is 17.5 Å². The smallest absolute Gasteiger partial charge is 0.372 e. The van der Waals surface area contributed by atoms with Gasteiger partial charge in [-0.25, -0.2) is 19.3 Å². The van der Waals surface area contributed by atoms with E-state index in [0.717, 1.165) is 6.20 Å². The van der Waals surface area contributed by atoms with E-state index in [-0.39, 0.29) is 34.1 Å². The molecular formula is C21H23ClF4N6O2. The second-order valence-electron chi connectivity index (χ2n) is 7.60. The summed E-state index contributed by atoms with van der Waals surface area (Å²) in [7, 11) is 0. The van der Waals surface area contributed by atoms with Gasteiger partial charge in [-0.2, -0.15) is 13.2 Å². The van der Waals surface area contributed by atoms with E-state index < -0.39 is 36.6 Å². The number of H-pyrrole nitrogens is 1. The zero-order chi connectivity index (χ0) is 24.5. The van der Waals surface area contributed by atoms with E-state index in [9.17, 15) is 22.4 Å². The molecule has 0 radical (unpaired) electrons. The molecule has 3 aromatic heterocycles. The summed E-state index contributed by atoms with van der Waals surface area (Å²) in [5, 5.41) is 2.83. The molecule has 34 heavy (non-hydrogen) atoms. The lowest BCUT2D eigenvalue weighted by Gasteiger charge is -2.25. The lowest BCUT2D eigenvalue weighted by Crippen LogP contribution is -2.46. The second kappa shape index (κ2) is 9.55. The maximum atomic E-state index is 14.9. The molecule has 3 aromatic rings. The third-order valence-electron chi connectivity index (χ3n) is 5.21. The highest BCUT2D eigenvalue weighted by Crippen LogP contribution is 2.32. The number of nitrogens with zero attached hydrogens (tertiary/aromatic N) is 4. The number of fused-ring (bicyclic) bond motifs is 1. The molecule has 0 bridgehead atoms. The van der Waals surface area contributed by atoms with Crippen molar-refractivity contribution in [1.82, 2.24) is 25.3 Å². The molecule has 0 saturated carbocycles. The molecule has 4 rings (SSSR count). The highest BCUT2D eigenvalue weighted by atomic mass is 35.5.